The second-order valence-electron chi connectivity index (χ2n) is 8.81. The topological polar surface area (TPSA) is 59.9 Å². The first-order valence-corrected chi connectivity index (χ1v) is 11.5. The van der Waals surface area contributed by atoms with Crippen LogP contribution >= 0.6 is 0 Å². The summed E-state index contributed by atoms with van der Waals surface area (Å²) in [5, 5.41) is 16.2. The molecule has 0 unspecified atom stereocenters. The Morgan fingerprint density at radius 1 is 1.09 bits per heavy atom. The fourth-order valence-electron chi connectivity index (χ4n) is 4.36. The van der Waals surface area contributed by atoms with Crippen molar-refractivity contribution in [2.45, 2.75) is 50.7 Å². The molecule has 0 amide bonds. The van der Waals surface area contributed by atoms with Crippen molar-refractivity contribution >= 4 is 11.6 Å². The summed E-state index contributed by atoms with van der Waals surface area (Å²) in [5.41, 5.74) is 1.94. The third-order valence-corrected chi connectivity index (χ3v) is 6.47. The molecule has 3 N–H and O–H groups in total. The molecule has 32 heavy (non-hydrogen) atoms. The third kappa shape index (κ3) is 5.21. The maximum atomic E-state index is 14.7. The Morgan fingerprint density at radius 3 is 2.50 bits per heavy atom. The van der Waals surface area contributed by atoms with Crippen LogP contribution in [0.4, 0.5) is 14.5 Å². The summed E-state index contributed by atoms with van der Waals surface area (Å²) in [6, 6.07) is 12.2. The molecule has 0 spiro atoms. The Balaban J connectivity index is 1.39. The van der Waals surface area contributed by atoms with Crippen LogP contribution in [-0.2, 0) is 12.0 Å². The minimum atomic E-state index is -0.284. The number of piperidine rings is 1. The van der Waals surface area contributed by atoms with Gasteiger partial charge in [-0.25, -0.2) is 13.8 Å². The van der Waals surface area contributed by atoms with Gasteiger partial charge < -0.3 is 20.6 Å². The van der Waals surface area contributed by atoms with Crippen molar-refractivity contribution in [2.24, 2.45) is 4.99 Å². The van der Waals surface area contributed by atoms with Gasteiger partial charge in [0.2, 0.25) is 0 Å². The van der Waals surface area contributed by atoms with Crippen molar-refractivity contribution in [1.82, 2.24) is 10.6 Å². The lowest BCUT2D eigenvalue weighted by atomic mass is 9.95. The van der Waals surface area contributed by atoms with Crippen LogP contribution in [0.15, 0.2) is 47.5 Å². The molecule has 5 nitrogen and oxygen atoms in total. The highest BCUT2D eigenvalue weighted by Crippen LogP contribution is 2.48. The summed E-state index contributed by atoms with van der Waals surface area (Å²) < 4.78 is 29.0. The van der Waals surface area contributed by atoms with E-state index in [0.29, 0.717) is 57.2 Å². The predicted octanol–water partition coefficient (Wildman–Crippen LogP) is 3.71. The average Bonchev–Trinajstić information content (AvgIpc) is 3.58. The van der Waals surface area contributed by atoms with E-state index in [-0.39, 0.29) is 23.2 Å². The summed E-state index contributed by atoms with van der Waals surface area (Å²) in [4.78, 5) is 6.60. The normalized spacial score (nSPS) is 18.5. The molecular weight excluding hydrogens is 410 g/mol. The molecule has 2 fully saturated rings. The second kappa shape index (κ2) is 9.86. The number of aliphatic hydroxyl groups excluding tert-OH is 1. The standard InChI is InChI=1S/C25H32F2N4O/c1-2-28-24(30-17-25(11-12-25)20-5-3-4-6-21(20)26)29-16-18-7-8-23(22(27)15-18)31-13-9-19(32)10-14-31/h3-8,15,19,32H,2,9-14,16-17H2,1H3,(H2,28,29,30). The number of hydrogen-bond acceptors (Lipinski definition) is 3. The van der Waals surface area contributed by atoms with Crippen LogP contribution in [0, 0.1) is 11.6 Å². The van der Waals surface area contributed by atoms with Crippen molar-refractivity contribution in [2.75, 3.05) is 31.1 Å². The van der Waals surface area contributed by atoms with Gasteiger partial charge in [-0.15, -0.1) is 0 Å². The van der Waals surface area contributed by atoms with Crippen LogP contribution in [-0.4, -0.2) is 43.3 Å². The maximum absolute atomic E-state index is 14.7. The summed E-state index contributed by atoms with van der Waals surface area (Å²) >= 11 is 0. The monoisotopic (exact) mass is 442 g/mol. The molecule has 1 saturated carbocycles. The number of anilines is 1. The third-order valence-electron chi connectivity index (χ3n) is 6.47. The molecule has 0 radical (unpaired) electrons. The number of halogens is 2. The SMILES string of the molecule is CCNC(=NCc1ccc(N2CCC(O)CC2)c(F)c1)NCC1(c2ccccc2F)CC1. The van der Waals surface area contributed by atoms with Crippen molar-refractivity contribution < 1.29 is 13.9 Å². The van der Waals surface area contributed by atoms with Gasteiger partial charge in [0.15, 0.2) is 5.96 Å². The molecule has 1 aliphatic heterocycles. The highest BCUT2D eigenvalue weighted by Gasteiger charge is 2.45. The van der Waals surface area contributed by atoms with Crippen molar-refractivity contribution in [1.29, 1.82) is 0 Å². The number of nitrogens with zero attached hydrogens (tertiary/aromatic N) is 2. The van der Waals surface area contributed by atoms with Crippen LogP contribution in [0.3, 0.4) is 0 Å². The van der Waals surface area contributed by atoms with Crippen molar-refractivity contribution in [3.63, 3.8) is 0 Å². The van der Waals surface area contributed by atoms with Gasteiger partial charge in [-0.05, 0) is 61.9 Å². The minimum Gasteiger partial charge on any atom is -0.393 e. The molecule has 2 aromatic rings. The first-order valence-electron chi connectivity index (χ1n) is 11.5. The smallest absolute Gasteiger partial charge is 0.191 e. The van der Waals surface area contributed by atoms with E-state index in [0.717, 1.165) is 24.0 Å². The van der Waals surface area contributed by atoms with Crippen LogP contribution in [0.2, 0.25) is 0 Å². The number of guanidine groups is 1. The summed E-state index contributed by atoms with van der Waals surface area (Å²) in [6.07, 6.45) is 2.93. The fraction of sp³-hybridized carbons (Fsp3) is 0.480. The Hall–Kier alpha value is -2.67. The van der Waals surface area contributed by atoms with E-state index < -0.39 is 0 Å². The first-order chi connectivity index (χ1) is 15.5. The Bertz CT molecular complexity index is 953. The summed E-state index contributed by atoms with van der Waals surface area (Å²) in [6.45, 7) is 4.96. The second-order valence-corrected chi connectivity index (χ2v) is 8.81. The number of rotatable bonds is 7. The zero-order valence-corrected chi connectivity index (χ0v) is 18.6. The van der Waals surface area contributed by atoms with Crippen LogP contribution in [0.5, 0.6) is 0 Å². The van der Waals surface area contributed by atoms with E-state index in [1.807, 2.05) is 30.0 Å². The molecule has 4 rings (SSSR count). The summed E-state index contributed by atoms with van der Waals surface area (Å²) in [7, 11) is 0. The number of nitrogens with one attached hydrogen (secondary N) is 2. The predicted molar refractivity (Wildman–Crippen MR) is 124 cm³/mol. The highest BCUT2D eigenvalue weighted by molar-refractivity contribution is 5.80. The van der Waals surface area contributed by atoms with Gasteiger partial charge in [-0.3, -0.25) is 0 Å². The fourth-order valence-corrected chi connectivity index (χ4v) is 4.36. The van der Waals surface area contributed by atoms with E-state index in [2.05, 4.69) is 15.6 Å². The van der Waals surface area contributed by atoms with E-state index >= 15 is 0 Å². The molecule has 172 valence electrons. The molecule has 2 aliphatic rings. The molecular formula is C25H32F2N4O. The quantitative estimate of drug-likeness (QED) is 0.452. The van der Waals surface area contributed by atoms with Gasteiger partial charge in [0.05, 0.1) is 18.3 Å². The van der Waals surface area contributed by atoms with Crippen LogP contribution < -0.4 is 15.5 Å². The Labute approximate surface area is 188 Å². The average molecular weight is 443 g/mol. The lowest BCUT2D eigenvalue weighted by Crippen LogP contribution is -2.41. The van der Waals surface area contributed by atoms with Crippen molar-refractivity contribution in [3.05, 3.63) is 65.2 Å². The largest absolute Gasteiger partial charge is 0.393 e. The zero-order chi connectivity index (χ0) is 22.6. The minimum absolute atomic E-state index is 0.160. The zero-order valence-electron chi connectivity index (χ0n) is 18.6. The maximum Gasteiger partial charge on any atom is 0.191 e. The highest BCUT2D eigenvalue weighted by atomic mass is 19.1. The number of aliphatic imine (C=N–C) groups is 1. The van der Waals surface area contributed by atoms with E-state index in [1.54, 1.807) is 12.1 Å². The molecule has 1 heterocycles. The van der Waals surface area contributed by atoms with Crippen LogP contribution in [0.1, 0.15) is 43.7 Å². The van der Waals surface area contributed by atoms with E-state index in [1.165, 1.54) is 12.1 Å². The number of aliphatic hydroxyl groups is 1. The van der Waals surface area contributed by atoms with Gasteiger partial charge in [-0.1, -0.05) is 24.3 Å². The van der Waals surface area contributed by atoms with Gasteiger partial charge in [0.25, 0.3) is 0 Å². The van der Waals surface area contributed by atoms with E-state index in [4.69, 9.17) is 0 Å². The van der Waals surface area contributed by atoms with Gasteiger partial charge in [-0.2, -0.15) is 0 Å². The van der Waals surface area contributed by atoms with E-state index in [9.17, 15) is 13.9 Å². The molecule has 0 aromatic heterocycles. The lowest BCUT2D eigenvalue weighted by Gasteiger charge is -2.31. The lowest BCUT2D eigenvalue weighted by molar-refractivity contribution is 0.145. The Morgan fingerprint density at radius 2 is 1.84 bits per heavy atom. The molecule has 1 aliphatic carbocycles. The molecule has 0 bridgehead atoms. The first kappa shape index (κ1) is 22.5. The summed E-state index contributed by atoms with van der Waals surface area (Å²) in [5.74, 6) is 0.223. The van der Waals surface area contributed by atoms with Crippen molar-refractivity contribution in [3.8, 4) is 0 Å². The molecule has 0 atom stereocenters. The van der Waals surface area contributed by atoms with Gasteiger partial charge in [0.1, 0.15) is 11.6 Å². The molecule has 1 saturated heterocycles. The molecule has 7 heteroatoms. The molecule has 2 aromatic carbocycles. The Kier molecular flexibility index (Phi) is 6.94. The number of hydrogen-bond donors (Lipinski definition) is 3. The van der Waals surface area contributed by atoms with Gasteiger partial charge in [0, 0.05) is 31.6 Å². The van der Waals surface area contributed by atoms with Crippen LogP contribution in [0.25, 0.3) is 0 Å². The van der Waals surface area contributed by atoms with Gasteiger partial charge >= 0.3 is 0 Å². The number of benzene rings is 2.